The van der Waals surface area contributed by atoms with Crippen LogP contribution in [0.4, 0.5) is 0 Å². The Morgan fingerprint density at radius 2 is 0.391 bits per heavy atom. The number of hydrogen-bond acceptors (Lipinski definition) is 22. The van der Waals surface area contributed by atoms with E-state index in [1.54, 1.807) is 114 Å². The van der Waals surface area contributed by atoms with Crippen molar-refractivity contribution in [2.45, 2.75) is 297 Å². The van der Waals surface area contributed by atoms with E-state index in [-0.39, 0.29) is 11.9 Å². The fourth-order valence-corrected chi connectivity index (χ4v) is 22.9. The van der Waals surface area contributed by atoms with Gasteiger partial charge in [-0.05, 0) is 32.1 Å². The van der Waals surface area contributed by atoms with Crippen LogP contribution in [0.25, 0.3) is 0 Å². The van der Waals surface area contributed by atoms with E-state index in [1.807, 2.05) is 0 Å². The minimum absolute atomic E-state index is 0.00883. The van der Waals surface area contributed by atoms with Crippen LogP contribution in [0.2, 0.25) is 0 Å². The zero-order valence-corrected chi connectivity index (χ0v) is 60.7. The highest BCUT2D eigenvalue weighted by atomic mass is 16.8. The highest BCUT2D eigenvalue weighted by Crippen LogP contribution is 3.17. The number of methoxy groups -OCH3 is 17. The third-order valence-electron chi connectivity index (χ3n) is 24.6. The molecular formula is C70H126O22. The summed E-state index contributed by atoms with van der Waals surface area (Å²) in [5.41, 5.74) is -14.5. The van der Waals surface area contributed by atoms with Crippen molar-refractivity contribution in [2.24, 2.45) is 0 Å². The van der Waals surface area contributed by atoms with Gasteiger partial charge in [0.15, 0.2) is 89.6 Å². The summed E-state index contributed by atoms with van der Waals surface area (Å²) in [5.74, 6) is -0.0666. The fraction of sp³-hybridized carbons (Fsp3) is 0.971. The number of unbranched alkanes of at least 4 members (excludes halogenated alkanes) is 23. The van der Waals surface area contributed by atoms with Crippen molar-refractivity contribution in [1.29, 1.82) is 0 Å². The molecule has 0 bridgehead atoms. The number of carbonyl (C=O) groups is 2. The van der Waals surface area contributed by atoms with Gasteiger partial charge in [0.25, 0.3) is 0 Å². The van der Waals surface area contributed by atoms with E-state index in [2.05, 4.69) is 25.5 Å². The van der Waals surface area contributed by atoms with Crippen molar-refractivity contribution in [3.8, 4) is 0 Å². The second-order valence-electron chi connectivity index (χ2n) is 26.4. The summed E-state index contributed by atoms with van der Waals surface area (Å²) in [6.07, 6.45) is 34.0. The van der Waals surface area contributed by atoms with Crippen molar-refractivity contribution < 1.29 is 105 Å². The predicted molar refractivity (Wildman–Crippen MR) is 344 cm³/mol. The maximum atomic E-state index is 11.5. The van der Waals surface area contributed by atoms with Crippen LogP contribution >= 0.6 is 0 Å². The van der Waals surface area contributed by atoms with E-state index in [4.69, 9.17) is 90.7 Å². The molecule has 0 aromatic heterocycles. The van der Waals surface area contributed by atoms with Gasteiger partial charge in [0.2, 0.25) is 0 Å². The second kappa shape index (κ2) is 30.8. The van der Waals surface area contributed by atoms with Gasteiger partial charge in [-0.3, -0.25) is 9.59 Å². The molecule has 0 amide bonds. The lowest BCUT2D eigenvalue weighted by molar-refractivity contribution is -0.864. The Bertz CT molecular complexity index is 1760. The number of esters is 2. The van der Waals surface area contributed by atoms with Crippen LogP contribution in [-0.4, -0.2) is 252 Å². The topological polar surface area (TPSA) is 241 Å². The first-order chi connectivity index (χ1) is 44.5. The molecule has 12 rings (SSSR count). The Kier molecular flexibility index (Phi) is 26.5. The number of rotatable bonds is 47. The van der Waals surface area contributed by atoms with Gasteiger partial charge in [0.05, 0.1) is 13.7 Å². The minimum Gasteiger partial charge on any atom is -0.469 e. The first kappa shape index (κ1) is 79.2. The average molecular weight is 1320 g/mol. The van der Waals surface area contributed by atoms with E-state index in [0.717, 1.165) is 44.9 Å². The molecule has 0 heterocycles. The summed E-state index contributed by atoms with van der Waals surface area (Å²) >= 11 is 0. The maximum absolute atomic E-state index is 11.5. The largest absolute Gasteiger partial charge is 0.469 e. The molecule has 2 N–H and O–H groups in total. The fourth-order valence-electron chi connectivity index (χ4n) is 22.9. The highest BCUT2D eigenvalue weighted by molar-refractivity contribution is 5.97. The number of carbonyl (C=O) groups excluding carboxylic acids is 2. The third kappa shape index (κ3) is 7.50. The van der Waals surface area contributed by atoms with Gasteiger partial charge < -0.3 is 95.5 Å². The van der Waals surface area contributed by atoms with Gasteiger partial charge in [-0.15, -0.1) is 0 Å². The van der Waals surface area contributed by atoms with Gasteiger partial charge in [-0.1, -0.05) is 162 Å². The first-order valence-corrected chi connectivity index (χ1v) is 34.8. The third-order valence-corrected chi connectivity index (χ3v) is 24.6. The van der Waals surface area contributed by atoms with Crippen molar-refractivity contribution in [1.82, 2.24) is 0 Å². The summed E-state index contributed by atoms with van der Waals surface area (Å²) in [4.78, 5) is 22.3. The molecule has 0 atom stereocenters. The molecule has 22 nitrogen and oxygen atoms in total. The van der Waals surface area contributed by atoms with Gasteiger partial charge >= 0.3 is 11.9 Å². The van der Waals surface area contributed by atoms with Crippen LogP contribution in [0.3, 0.4) is 0 Å². The van der Waals surface area contributed by atoms with Crippen LogP contribution in [0.1, 0.15) is 207 Å². The van der Waals surface area contributed by atoms with Gasteiger partial charge in [-0.2, -0.15) is 0 Å². The van der Waals surface area contributed by atoms with E-state index in [0.29, 0.717) is 32.7 Å². The van der Waals surface area contributed by atoms with Gasteiger partial charge in [0.1, 0.15) is 0 Å². The molecule has 12 aliphatic rings. The summed E-state index contributed by atoms with van der Waals surface area (Å²) in [6, 6.07) is 0. The summed E-state index contributed by atoms with van der Waals surface area (Å²) in [6.45, 7) is 7.96. The minimum atomic E-state index is -0.909. The number of aliphatic hydroxyl groups excluding tert-OH is 2. The van der Waals surface area contributed by atoms with Crippen LogP contribution in [-0.2, 0) is 94.9 Å². The molecule has 0 aliphatic heterocycles. The Balaban J connectivity index is 0.000000189. The molecule has 0 spiro atoms. The molecule has 0 aromatic rings. The normalized spacial score (nSPS) is 41.0. The molecule has 22 heteroatoms. The molecule has 538 valence electrons. The molecule has 0 radical (unpaired) electrons. The summed E-state index contributed by atoms with van der Waals surface area (Å²) in [5, 5.41) is 16.9. The van der Waals surface area contributed by atoms with Crippen LogP contribution in [0.15, 0.2) is 0 Å². The Labute approximate surface area is 552 Å². The van der Waals surface area contributed by atoms with Crippen molar-refractivity contribution in [2.75, 3.05) is 141 Å². The van der Waals surface area contributed by atoms with Crippen molar-refractivity contribution in [3.63, 3.8) is 0 Å². The lowest BCUT2D eigenvalue weighted by Gasteiger charge is -3.22. The lowest BCUT2D eigenvalue weighted by Crippen LogP contribution is -3.52. The van der Waals surface area contributed by atoms with Crippen LogP contribution in [0.5, 0.6) is 0 Å². The standard InChI is InChI=1S/C19H38O2.2C16H24O8.C11H22O2.C8H18O2/c1-3-5-7-9-11-13-15-17-19(20)21-18-16-14-12-10-8-6-4-2;2*1-17-9-10(18-2)13(21-5)11(9,19-3)15(23-7)12(9,20-4)14(10,22-6)16(13,15)24-8;1-3-4-5-6-7-8-9-10-11(12)13-2;9-7-5-3-1-2-4-6-8-10/h3-18H2,1-2H3;2*1-8H3;3-10H2,1-2H3;9-10H,1-8H2. The van der Waals surface area contributed by atoms with Crippen LogP contribution in [0, 0.1) is 0 Å². The zero-order valence-electron chi connectivity index (χ0n) is 60.7. The van der Waals surface area contributed by atoms with E-state index < -0.39 is 89.6 Å². The first-order valence-electron chi connectivity index (χ1n) is 34.8. The van der Waals surface area contributed by atoms with E-state index in [9.17, 15) is 9.59 Å². The number of hydrogen-bond donors (Lipinski definition) is 2. The molecular weight excluding hydrogens is 1190 g/mol. The summed E-state index contributed by atoms with van der Waals surface area (Å²) in [7, 11) is 27.4. The Hall–Kier alpha value is -1.78. The molecule has 12 fully saturated rings. The molecule has 0 unspecified atom stereocenters. The van der Waals surface area contributed by atoms with Gasteiger partial charge in [0, 0.05) is 140 Å². The average Bonchev–Trinajstić information content (AvgIpc) is 0.502. The Morgan fingerprint density at radius 1 is 0.228 bits per heavy atom. The molecule has 0 aromatic carbocycles. The quantitative estimate of drug-likeness (QED) is 0.0426. The monoisotopic (exact) mass is 1320 g/mol. The predicted octanol–water partition coefficient (Wildman–Crippen LogP) is 9.30. The zero-order chi connectivity index (χ0) is 68.5. The smallest absolute Gasteiger partial charge is 0.305 e. The van der Waals surface area contributed by atoms with Crippen molar-refractivity contribution in [3.05, 3.63) is 0 Å². The molecule has 12 saturated carbocycles. The SMILES string of the molecule is CCCCCCCCCC(=O)OC.CCCCCCCCCOC(=O)CCCCCCCCC.COC12C3(OC)C4(OC)C1(OC)C1(OC)C2(OC)C3(OC)C41OC.COC12C3(OC)C4(OC)C1(OC)C1(OC)C2(OC)C3(OC)C41OC.OCCCCCCCCO. The van der Waals surface area contributed by atoms with E-state index in [1.165, 1.54) is 136 Å². The molecule has 0 saturated heterocycles. The lowest BCUT2D eigenvalue weighted by atomic mass is 8.87. The van der Waals surface area contributed by atoms with Gasteiger partial charge in [-0.25, -0.2) is 0 Å². The number of aliphatic hydroxyl groups is 2. The van der Waals surface area contributed by atoms with Crippen molar-refractivity contribution >= 4 is 11.9 Å². The molecule has 92 heavy (non-hydrogen) atoms. The van der Waals surface area contributed by atoms with E-state index >= 15 is 0 Å². The summed E-state index contributed by atoms with van der Waals surface area (Å²) < 4.78 is 106. The highest BCUT2D eigenvalue weighted by Gasteiger charge is 3.48. The molecule has 12 aliphatic carbocycles. The maximum Gasteiger partial charge on any atom is 0.305 e. The van der Waals surface area contributed by atoms with Crippen LogP contribution < -0.4 is 0 Å². The number of ether oxygens (including phenoxy) is 18. The Morgan fingerprint density at radius 3 is 0.565 bits per heavy atom. The second-order valence-corrected chi connectivity index (χ2v) is 26.4.